The van der Waals surface area contributed by atoms with Crippen molar-refractivity contribution in [1.29, 1.82) is 0 Å². The summed E-state index contributed by atoms with van der Waals surface area (Å²) < 4.78 is 0. The van der Waals surface area contributed by atoms with Gasteiger partial charge in [0.2, 0.25) is 0 Å². The Morgan fingerprint density at radius 2 is 2.06 bits per heavy atom. The number of hydrogen-bond acceptors (Lipinski definition) is 2. The standard InChI is InChI=1S/C11H12N2O.C3H8/c14-11-9-4-2-1-3-8(9)10-7-12-5-6-13(10)11;1-3-2/h1-4,10,12H,5-7H2;3H2,1-2H3. The highest BCUT2D eigenvalue weighted by Gasteiger charge is 2.37. The maximum Gasteiger partial charge on any atom is 0.254 e. The van der Waals surface area contributed by atoms with E-state index >= 15 is 0 Å². The van der Waals surface area contributed by atoms with E-state index in [1.807, 2.05) is 23.1 Å². The van der Waals surface area contributed by atoms with Gasteiger partial charge in [-0.15, -0.1) is 0 Å². The Labute approximate surface area is 103 Å². The first kappa shape index (κ1) is 12.1. The number of nitrogens with one attached hydrogen (secondary N) is 1. The van der Waals surface area contributed by atoms with E-state index in [9.17, 15) is 4.79 Å². The first-order valence-electron chi connectivity index (χ1n) is 6.40. The lowest BCUT2D eigenvalue weighted by Gasteiger charge is -2.30. The molecule has 0 radical (unpaired) electrons. The van der Waals surface area contributed by atoms with Gasteiger partial charge < -0.3 is 10.2 Å². The van der Waals surface area contributed by atoms with Crippen molar-refractivity contribution in [1.82, 2.24) is 10.2 Å². The molecule has 1 fully saturated rings. The minimum Gasteiger partial charge on any atom is -0.329 e. The molecule has 1 unspecified atom stereocenters. The molecule has 0 aromatic heterocycles. The van der Waals surface area contributed by atoms with Gasteiger partial charge in [-0.05, 0) is 11.6 Å². The normalized spacial score (nSPS) is 21.4. The number of nitrogens with zero attached hydrogens (tertiary/aromatic N) is 1. The predicted molar refractivity (Wildman–Crippen MR) is 69.1 cm³/mol. The van der Waals surface area contributed by atoms with Gasteiger partial charge in [0, 0.05) is 25.2 Å². The third kappa shape index (κ3) is 2.20. The third-order valence-corrected chi connectivity index (χ3v) is 3.05. The summed E-state index contributed by atoms with van der Waals surface area (Å²) in [5.41, 5.74) is 2.07. The zero-order chi connectivity index (χ0) is 12.3. The minimum absolute atomic E-state index is 0.201. The number of benzene rings is 1. The molecule has 3 rings (SSSR count). The van der Waals surface area contributed by atoms with Gasteiger partial charge in [0.1, 0.15) is 0 Å². The zero-order valence-corrected chi connectivity index (χ0v) is 10.6. The molecule has 1 N–H and O–H groups in total. The van der Waals surface area contributed by atoms with E-state index in [-0.39, 0.29) is 11.9 Å². The van der Waals surface area contributed by atoms with E-state index in [0.29, 0.717) is 0 Å². The van der Waals surface area contributed by atoms with Gasteiger partial charge in [-0.1, -0.05) is 38.5 Å². The zero-order valence-electron chi connectivity index (χ0n) is 10.6. The Morgan fingerprint density at radius 3 is 2.82 bits per heavy atom. The quantitative estimate of drug-likeness (QED) is 0.743. The van der Waals surface area contributed by atoms with Gasteiger partial charge in [0.05, 0.1) is 6.04 Å². The lowest BCUT2D eigenvalue weighted by molar-refractivity contribution is 0.0691. The molecule has 1 saturated heterocycles. The van der Waals surface area contributed by atoms with Crippen LogP contribution in [0, 0.1) is 0 Å². The van der Waals surface area contributed by atoms with Crippen LogP contribution >= 0.6 is 0 Å². The Balaban J connectivity index is 0.000000329. The number of fused-ring (bicyclic) bond motifs is 3. The van der Waals surface area contributed by atoms with Gasteiger partial charge in [-0.2, -0.15) is 0 Å². The van der Waals surface area contributed by atoms with Crippen LogP contribution in [-0.4, -0.2) is 30.4 Å². The smallest absolute Gasteiger partial charge is 0.254 e. The van der Waals surface area contributed by atoms with Gasteiger partial charge in [-0.25, -0.2) is 0 Å². The van der Waals surface area contributed by atoms with Crippen molar-refractivity contribution < 1.29 is 4.79 Å². The molecule has 2 heterocycles. The summed E-state index contributed by atoms with van der Waals surface area (Å²) in [7, 11) is 0. The number of carbonyl (C=O) groups excluding carboxylic acids is 1. The summed E-state index contributed by atoms with van der Waals surface area (Å²) in [4.78, 5) is 13.9. The Kier molecular flexibility index (Phi) is 3.79. The molecule has 0 aliphatic carbocycles. The van der Waals surface area contributed by atoms with Crippen molar-refractivity contribution in [2.75, 3.05) is 19.6 Å². The van der Waals surface area contributed by atoms with Crippen molar-refractivity contribution in [3.05, 3.63) is 35.4 Å². The van der Waals surface area contributed by atoms with Gasteiger partial charge in [0.25, 0.3) is 5.91 Å². The summed E-state index contributed by atoms with van der Waals surface area (Å²) in [6.07, 6.45) is 1.25. The topological polar surface area (TPSA) is 32.3 Å². The largest absolute Gasteiger partial charge is 0.329 e. The molecular formula is C14H20N2O. The highest BCUT2D eigenvalue weighted by atomic mass is 16.2. The van der Waals surface area contributed by atoms with Crippen LogP contribution in [0.25, 0.3) is 0 Å². The highest BCUT2D eigenvalue weighted by Crippen LogP contribution is 2.33. The molecular weight excluding hydrogens is 212 g/mol. The summed E-state index contributed by atoms with van der Waals surface area (Å²) in [6, 6.07) is 8.20. The molecule has 17 heavy (non-hydrogen) atoms. The first-order chi connectivity index (χ1) is 8.29. The summed E-state index contributed by atoms with van der Waals surface area (Å²) >= 11 is 0. The molecule has 92 valence electrons. The fraction of sp³-hybridized carbons (Fsp3) is 0.500. The molecule has 2 aliphatic heterocycles. The lowest BCUT2D eigenvalue weighted by atomic mass is 10.0. The minimum atomic E-state index is 0.201. The van der Waals surface area contributed by atoms with Crippen molar-refractivity contribution in [2.24, 2.45) is 0 Å². The van der Waals surface area contributed by atoms with Crippen molar-refractivity contribution >= 4 is 5.91 Å². The van der Waals surface area contributed by atoms with E-state index in [2.05, 4.69) is 25.2 Å². The lowest BCUT2D eigenvalue weighted by Crippen LogP contribution is -2.44. The second kappa shape index (κ2) is 5.32. The molecule has 0 bridgehead atoms. The molecule has 1 amide bonds. The number of rotatable bonds is 0. The van der Waals surface area contributed by atoms with E-state index in [4.69, 9.17) is 0 Å². The molecule has 3 heteroatoms. The van der Waals surface area contributed by atoms with Crippen LogP contribution in [0.5, 0.6) is 0 Å². The number of carbonyl (C=O) groups is 1. The summed E-state index contributed by atoms with van der Waals surface area (Å²) in [5, 5.41) is 3.32. The van der Waals surface area contributed by atoms with Crippen LogP contribution < -0.4 is 5.32 Å². The van der Waals surface area contributed by atoms with Gasteiger partial charge in [-0.3, -0.25) is 4.79 Å². The molecule has 2 aliphatic rings. The monoisotopic (exact) mass is 232 g/mol. The second-order valence-electron chi connectivity index (χ2n) is 4.51. The van der Waals surface area contributed by atoms with E-state index < -0.39 is 0 Å². The SMILES string of the molecule is CCC.O=C1c2ccccc2C2CNCCN12. The molecule has 1 aromatic carbocycles. The highest BCUT2D eigenvalue weighted by molar-refractivity contribution is 5.99. The number of piperazine rings is 1. The number of hydrogen-bond donors (Lipinski definition) is 1. The molecule has 1 aromatic rings. The predicted octanol–water partition coefficient (Wildman–Crippen LogP) is 2.20. The van der Waals surface area contributed by atoms with Crippen LogP contribution in [0.2, 0.25) is 0 Å². The average Bonchev–Trinajstić information content (AvgIpc) is 2.66. The van der Waals surface area contributed by atoms with E-state index in [1.165, 1.54) is 12.0 Å². The third-order valence-electron chi connectivity index (χ3n) is 3.05. The van der Waals surface area contributed by atoms with Crippen LogP contribution in [0.3, 0.4) is 0 Å². The molecule has 3 nitrogen and oxygen atoms in total. The van der Waals surface area contributed by atoms with Crippen LogP contribution in [0.15, 0.2) is 24.3 Å². The average molecular weight is 232 g/mol. The second-order valence-corrected chi connectivity index (χ2v) is 4.51. The summed E-state index contributed by atoms with van der Waals surface area (Å²) in [6.45, 7) is 6.89. The van der Waals surface area contributed by atoms with Crippen molar-refractivity contribution in [2.45, 2.75) is 26.3 Å². The Bertz CT molecular complexity index is 403. The molecule has 0 saturated carbocycles. The number of amides is 1. The van der Waals surface area contributed by atoms with E-state index in [1.54, 1.807) is 0 Å². The fourth-order valence-corrected chi connectivity index (χ4v) is 2.36. The van der Waals surface area contributed by atoms with Gasteiger partial charge >= 0.3 is 0 Å². The maximum atomic E-state index is 11.9. The molecule has 1 atom stereocenters. The maximum absolute atomic E-state index is 11.9. The first-order valence-corrected chi connectivity index (χ1v) is 6.40. The van der Waals surface area contributed by atoms with Crippen molar-refractivity contribution in [3.8, 4) is 0 Å². The van der Waals surface area contributed by atoms with Gasteiger partial charge in [0.15, 0.2) is 0 Å². The van der Waals surface area contributed by atoms with Crippen LogP contribution in [0.1, 0.15) is 42.2 Å². The van der Waals surface area contributed by atoms with Crippen LogP contribution in [0.4, 0.5) is 0 Å². The fourth-order valence-electron chi connectivity index (χ4n) is 2.36. The van der Waals surface area contributed by atoms with Crippen LogP contribution in [-0.2, 0) is 0 Å². The van der Waals surface area contributed by atoms with Crippen molar-refractivity contribution in [3.63, 3.8) is 0 Å². The Morgan fingerprint density at radius 1 is 1.35 bits per heavy atom. The summed E-state index contributed by atoms with van der Waals surface area (Å²) in [5.74, 6) is 0.201. The Hall–Kier alpha value is -1.35. The molecule has 0 spiro atoms. The van der Waals surface area contributed by atoms with E-state index in [0.717, 1.165) is 25.2 Å².